The van der Waals surface area contributed by atoms with Crippen molar-refractivity contribution < 1.29 is 14.5 Å². The first kappa shape index (κ1) is 19.1. The summed E-state index contributed by atoms with van der Waals surface area (Å²) in [6, 6.07) is 10.9. The van der Waals surface area contributed by atoms with Gasteiger partial charge in [-0.05, 0) is 45.9 Å². The molecular weight excluding hydrogens is 334 g/mol. The molecule has 0 aliphatic carbocycles. The molecule has 26 heavy (non-hydrogen) atoms. The fraction of sp³-hybridized carbons (Fsp3) is 0.263. The molecule has 0 fully saturated rings. The molecule has 0 aliphatic heterocycles. The molecule has 0 saturated heterocycles. The minimum absolute atomic E-state index is 0.128. The van der Waals surface area contributed by atoms with Crippen LogP contribution < -0.4 is 10.6 Å². The van der Waals surface area contributed by atoms with Gasteiger partial charge in [0.2, 0.25) is 0 Å². The monoisotopic (exact) mass is 355 g/mol. The molecule has 136 valence electrons. The highest BCUT2D eigenvalue weighted by Gasteiger charge is 2.20. The number of rotatable bonds is 4. The molecule has 7 heteroatoms. The van der Waals surface area contributed by atoms with Crippen LogP contribution in [0.2, 0.25) is 0 Å². The van der Waals surface area contributed by atoms with Crippen molar-refractivity contribution in [2.75, 3.05) is 5.32 Å². The Morgan fingerprint density at radius 3 is 2.31 bits per heavy atom. The molecular formula is C19H21N3O4. The van der Waals surface area contributed by atoms with Crippen LogP contribution in [-0.2, 0) is 0 Å². The van der Waals surface area contributed by atoms with Crippen molar-refractivity contribution >= 4 is 23.2 Å². The van der Waals surface area contributed by atoms with Crippen molar-refractivity contribution in [1.29, 1.82) is 0 Å². The average Bonchev–Trinajstić information content (AvgIpc) is 2.53. The van der Waals surface area contributed by atoms with Crippen LogP contribution in [0.1, 0.15) is 47.1 Å². The fourth-order valence-electron chi connectivity index (χ4n) is 2.34. The second-order valence-corrected chi connectivity index (χ2v) is 6.96. The lowest BCUT2D eigenvalue weighted by molar-refractivity contribution is -0.385. The Morgan fingerprint density at radius 1 is 1.04 bits per heavy atom. The zero-order valence-corrected chi connectivity index (χ0v) is 15.1. The van der Waals surface area contributed by atoms with Crippen molar-refractivity contribution in [3.05, 3.63) is 69.3 Å². The summed E-state index contributed by atoms with van der Waals surface area (Å²) in [6.45, 7) is 7.18. The van der Waals surface area contributed by atoms with Gasteiger partial charge in [-0.1, -0.05) is 18.2 Å². The van der Waals surface area contributed by atoms with Gasteiger partial charge in [-0.15, -0.1) is 0 Å². The summed E-state index contributed by atoms with van der Waals surface area (Å²) in [5, 5.41) is 16.5. The Kier molecular flexibility index (Phi) is 5.40. The number of amides is 2. The number of nitro groups is 1. The molecule has 0 unspecified atom stereocenters. The van der Waals surface area contributed by atoms with E-state index in [2.05, 4.69) is 10.6 Å². The third-order valence-corrected chi connectivity index (χ3v) is 3.58. The summed E-state index contributed by atoms with van der Waals surface area (Å²) < 4.78 is 0. The van der Waals surface area contributed by atoms with Gasteiger partial charge in [0.1, 0.15) is 0 Å². The first-order valence-electron chi connectivity index (χ1n) is 8.06. The number of aryl methyl sites for hydroxylation is 1. The Labute approximate surface area is 151 Å². The first-order chi connectivity index (χ1) is 12.1. The standard InChI is InChI=1S/C19H21N3O4/c1-12-9-10-13(11-16(12)22(25)26)17(23)20-15-8-6-5-7-14(15)18(24)21-19(2,3)4/h5-11H,1-4H3,(H,20,23)(H,21,24). The third-order valence-electron chi connectivity index (χ3n) is 3.58. The SMILES string of the molecule is Cc1ccc(C(=O)Nc2ccccc2C(=O)NC(C)(C)C)cc1[N+](=O)[O-]. The number of benzene rings is 2. The maximum absolute atomic E-state index is 12.5. The van der Waals surface area contributed by atoms with E-state index in [1.165, 1.54) is 18.2 Å². The van der Waals surface area contributed by atoms with Gasteiger partial charge in [-0.3, -0.25) is 19.7 Å². The van der Waals surface area contributed by atoms with Crippen LogP contribution in [0.25, 0.3) is 0 Å². The van der Waals surface area contributed by atoms with Crippen LogP contribution >= 0.6 is 0 Å². The number of hydrogen-bond acceptors (Lipinski definition) is 4. The number of nitrogens with one attached hydrogen (secondary N) is 2. The Balaban J connectivity index is 2.29. The maximum atomic E-state index is 12.5. The van der Waals surface area contributed by atoms with Crippen molar-refractivity contribution in [3.63, 3.8) is 0 Å². The van der Waals surface area contributed by atoms with Gasteiger partial charge in [0, 0.05) is 22.7 Å². The summed E-state index contributed by atoms with van der Waals surface area (Å²) in [4.78, 5) is 35.5. The zero-order chi connectivity index (χ0) is 19.5. The number of anilines is 1. The number of nitro benzene ring substituents is 1. The third kappa shape index (κ3) is 4.66. The maximum Gasteiger partial charge on any atom is 0.273 e. The van der Waals surface area contributed by atoms with Crippen LogP contribution in [0.5, 0.6) is 0 Å². The van der Waals surface area contributed by atoms with Gasteiger partial charge in [-0.2, -0.15) is 0 Å². The molecule has 2 N–H and O–H groups in total. The second-order valence-electron chi connectivity index (χ2n) is 6.96. The normalized spacial score (nSPS) is 10.9. The molecule has 2 amide bonds. The quantitative estimate of drug-likeness (QED) is 0.645. The Morgan fingerprint density at radius 2 is 1.69 bits per heavy atom. The molecule has 0 heterocycles. The van der Waals surface area contributed by atoms with Gasteiger partial charge < -0.3 is 10.6 Å². The largest absolute Gasteiger partial charge is 0.347 e. The molecule has 0 bridgehead atoms. The van der Waals surface area contributed by atoms with Crippen LogP contribution in [0, 0.1) is 17.0 Å². The average molecular weight is 355 g/mol. The van der Waals surface area contributed by atoms with E-state index in [1.54, 1.807) is 31.2 Å². The number of carbonyl (C=O) groups excluding carboxylic acids is 2. The molecule has 7 nitrogen and oxygen atoms in total. The fourth-order valence-corrected chi connectivity index (χ4v) is 2.34. The molecule has 0 radical (unpaired) electrons. The van der Waals surface area contributed by atoms with Crippen molar-refractivity contribution in [2.24, 2.45) is 0 Å². The molecule has 2 aromatic carbocycles. The molecule has 2 aromatic rings. The van der Waals surface area contributed by atoms with Gasteiger partial charge in [0.15, 0.2) is 0 Å². The number of para-hydroxylation sites is 1. The van der Waals surface area contributed by atoms with Crippen molar-refractivity contribution in [3.8, 4) is 0 Å². The summed E-state index contributed by atoms with van der Waals surface area (Å²) in [7, 11) is 0. The zero-order valence-electron chi connectivity index (χ0n) is 15.1. The van der Waals surface area contributed by atoms with Crippen LogP contribution in [0.3, 0.4) is 0 Å². The number of hydrogen-bond donors (Lipinski definition) is 2. The van der Waals surface area contributed by atoms with Crippen LogP contribution in [-0.4, -0.2) is 22.3 Å². The smallest absolute Gasteiger partial charge is 0.273 e. The molecule has 0 atom stereocenters. The lowest BCUT2D eigenvalue weighted by Crippen LogP contribution is -2.40. The van der Waals surface area contributed by atoms with Gasteiger partial charge in [0.05, 0.1) is 16.2 Å². The highest BCUT2D eigenvalue weighted by Crippen LogP contribution is 2.21. The van der Waals surface area contributed by atoms with Crippen LogP contribution in [0.15, 0.2) is 42.5 Å². The van der Waals surface area contributed by atoms with Gasteiger partial charge in [0.25, 0.3) is 17.5 Å². The van der Waals surface area contributed by atoms with Crippen LogP contribution in [0.4, 0.5) is 11.4 Å². The summed E-state index contributed by atoms with van der Waals surface area (Å²) >= 11 is 0. The van der Waals surface area contributed by atoms with E-state index < -0.39 is 16.4 Å². The van der Waals surface area contributed by atoms with Crippen molar-refractivity contribution in [1.82, 2.24) is 5.32 Å². The predicted molar refractivity (Wildman–Crippen MR) is 99.4 cm³/mol. The molecule has 0 aromatic heterocycles. The van der Waals surface area contributed by atoms with E-state index in [1.807, 2.05) is 20.8 Å². The highest BCUT2D eigenvalue weighted by molar-refractivity contribution is 6.09. The summed E-state index contributed by atoms with van der Waals surface area (Å²) in [5.74, 6) is -0.840. The minimum Gasteiger partial charge on any atom is -0.347 e. The highest BCUT2D eigenvalue weighted by atomic mass is 16.6. The topological polar surface area (TPSA) is 101 Å². The Hall–Kier alpha value is -3.22. The lowest BCUT2D eigenvalue weighted by Gasteiger charge is -2.21. The van der Waals surface area contributed by atoms with E-state index in [4.69, 9.17) is 0 Å². The molecule has 2 rings (SSSR count). The van der Waals surface area contributed by atoms with E-state index in [0.717, 1.165) is 0 Å². The predicted octanol–water partition coefficient (Wildman–Crippen LogP) is 3.68. The van der Waals surface area contributed by atoms with E-state index in [0.29, 0.717) is 16.8 Å². The molecule has 0 aliphatic rings. The van der Waals surface area contributed by atoms with Gasteiger partial charge in [-0.25, -0.2) is 0 Å². The number of nitrogens with zero attached hydrogens (tertiary/aromatic N) is 1. The number of carbonyl (C=O) groups is 2. The lowest BCUT2D eigenvalue weighted by atomic mass is 10.1. The molecule has 0 saturated carbocycles. The van der Waals surface area contributed by atoms with Gasteiger partial charge >= 0.3 is 0 Å². The summed E-state index contributed by atoms with van der Waals surface area (Å²) in [5.41, 5.74) is 0.715. The Bertz CT molecular complexity index is 869. The second kappa shape index (κ2) is 7.35. The van der Waals surface area contributed by atoms with Crippen molar-refractivity contribution in [2.45, 2.75) is 33.2 Å². The van der Waals surface area contributed by atoms with E-state index >= 15 is 0 Å². The minimum atomic E-state index is -0.531. The summed E-state index contributed by atoms with van der Waals surface area (Å²) in [6.07, 6.45) is 0. The van der Waals surface area contributed by atoms with E-state index in [-0.39, 0.29) is 17.2 Å². The molecule has 0 spiro atoms. The van der Waals surface area contributed by atoms with E-state index in [9.17, 15) is 19.7 Å². The first-order valence-corrected chi connectivity index (χ1v) is 8.06.